The van der Waals surface area contributed by atoms with Gasteiger partial charge in [-0.3, -0.25) is 4.79 Å². The first-order valence-electron chi connectivity index (χ1n) is 10.3. The monoisotopic (exact) mass is 477 g/mol. The molecule has 0 fully saturated rings. The highest BCUT2D eigenvalue weighted by molar-refractivity contribution is 7.89. The van der Waals surface area contributed by atoms with Crippen molar-refractivity contribution in [2.24, 2.45) is 5.10 Å². The minimum Gasteiger partial charge on any atom is -0.454 e. The zero-order valence-electron chi connectivity index (χ0n) is 17.9. The van der Waals surface area contributed by atoms with Crippen LogP contribution in [0.4, 0.5) is 5.69 Å². The predicted molar refractivity (Wildman–Crippen MR) is 124 cm³/mol. The molecular weight excluding hydrogens is 458 g/mol. The number of hydrogen-bond acceptors (Lipinski definition) is 7. The van der Waals surface area contributed by atoms with Crippen molar-refractivity contribution < 1.29 is 27.1 Å². The van der Waals surface area contributed by atoms with Crippen LogP contribution in [0.1, 0.15) is 15.9 Å². The molecule has 0 saturated carbocycles. The van der Waals surface area contributed by atoms with E-state index in [0.29, 0.717) is 28.2 Å². The second kappa shape index (κ2) is 8.56. The molecule has 0 bridgehead atoms. The van der Waals surface area contributed by atoms with Crippen LogP contribution >= 0.6 is 0 Å². The number of benzene rings is 3. The molecule has 5 rings (SSSR count). The SMILES string of the molecule is Cc1ccc(S(=O)(=O)NN=c2oc3ccccc3cc2C(=O)Nc2ccc3c(c2)OCO3)cc1. The van der Waals surface area contributed by atoms with Crippen LogP contribution in [0, 0.1) is 6.92 Å². The van der Waals surface area contributed by atoms with Crippen LogP contribution in [0.15, 0.2) is 87.2 Å². The molecule has 0 spiro atoms. The summed E-state index contributed by atoms with van der Waals surface area (Å²) in [6.07, 6.45) is 0. The second-order valence-electron chi connectivity index (χ2n) is 7.54. The molecular formula is C24H19N3O6S. The number of ether oxygens (including phenoxy) is 2. The van der Waals surface area contributed by atoms with Gasteiger partial charge >= 0.3 is 0 Å². The molecule has 0 saturated heterocycles. The molecule has 1 aromatic heterocycles. The van der Waals surface area contributed by atoms with Gasteiger partial charge in [0.1, 0.15) is 11.1 Å². The summed E-state index contributed by atoms with van der Waals surface area (Å²) < 4.78 is 41.8. The van der Waals surface area contributed by atoms with Crippen LogP contribution in [-0.2, 0) is 10.0 Å². The van der Waals surface area contributed by atoms with Crippen LogP contribution < -0.4 is 25.2 Å². The van der Waals surface area contributed by atoms with Crippen LogP contribution in [0.3, 0.4) is 0 Å². The molecule has 9 nitrogen and oxygen atoms in total. The van der Waals surface area contributed by atoms with E-state index in [-0.39, 0.29) is 22.8 Å². The average molecular weight is 477 g/mol. The van der Waals surface area contributed by atoms with E-state index in [2.05, 4.69) is 15.2 Å². The Morgan fingerprint density at radius 2 is 1.71 bits per heavy atom. The van der Waals surface area contributed by atoms with Gasteiger partial charge in [-0.25, -0.2) is 0 Å². The number of rotatable bonds is 5. The first-order valence-corrected chi connectivity index (χ1v) is 11.7. The third kappa shape index (κ3) is 4.30. The van der Waals surface area contributed by atoms with Crippen molar-refractivity contribution in [1.82, 2.24) is 4.83 Å². The van der Waals surface area contributed by atoms with Gasteiger partial charge in [0.15, 0.2) is 11.5 Å². The molecule has 0 radical (unpaired) electrons. The fourth-order valence-corrected chi connectivity index (χ4v) is 4.16. The molecule has 4 aromatic rings. The fourth-order valence-electron chi connectivity index (χ4n) is 3.36. The maximum absolute atomic E-state index is 13.1. The summed E-state index contributed by atoms with van der Waals surface area (Å²) in [7, 11) is -3.98. The summed E-state index contributed by atoms with van der Waals surface area (Å²) in [6, 6.07) is 19.9. The molecule has 10 heteroatoms. The number of fused-ring (bicyclic) bond motifs is 2. The molecule has 3 aromatic carbocycles. The highest BCUT2D eigenvalue weighted by Gasteiger charge is 2.18. The van der Waals surface area contributed by atoms with E-state index < -0.39 is 15.9 Å². The minimum atomic E-state index is -3.98. The Bertz CT molecular complexity index is 1580. The third-order valence-electron chi connectivity index (χ3n) is 5.13. The number of hydrogen-bond donors (Lipinski definition) is 2. The van der Waals surface area contributed by atoms with Gasteiger partial charge in [-0.2, -0.15) is 13.2 Å². The summed E-state index contributed by atoms with van der Waals surface area (Å²) in [5, 5.41) is 7.35. The molecule has 172 valence electrons. The Labute approximate surface area is 194 Å². The number of anilines is 1. The van der Waals surface area contributed by atoms with Crippen molar-refractivity contribution in [3.05, 3.63) is 89.5 Å². The quantitative estimate of drug-likeness (QED) is 0.425. The van der Waals surface area contributed by atoms with Gasteiger partial charge in [-0.05, 0) is 43.3 Å². The average Bonchev–Trinajstić information content (AvgIpc) is 3.30. The summed E-state index contributed by atoms with van der Waals surface area (Å²) in [5.74, 6) is 0.554. The van der Waals surface area contributed by atoms with Gasteiger partial charge in [0.2, 0.25) is 12.3 Å². The van der Waals surface area contributed by atoms with E-state index in [0.717, 1.165) is 5.56 Å². The van der Waals surface area contributed by atoms with Crippen molar-refractivity contribution in [3.8, 4) is 11.5 Å². The van der Waals surface area contributed by atoms with Crippen molar-refractivity contribution in [3.63, 3.8) is 0 Å². The van der Waals surface area contributed by atoms with E-state index in [1.807, 2.05) is 6.92 Å². The van der Waals surface area contributed by atoms with Crippen molar-refractivity contribution in [1.29, 1.82) is 0 Å². The van der Waals surface area contributed by atoms with Gasteiger partial charge in [0.25, 0.3) is 15.9 Å². The number of nitrogens with zero attached hydrogens (tertiary/aromatic N) is 1. The molecule has 34 heavy (non-hydrogen) atoms. The van der Waals surface area contributed by atoms with Crippen LogP contribution in [0.25, 0.3) is 11.0 Å². The van der Waals surface area contributed by atoms with Crippen molar-refractivity contribution in [2.75, 3.05) is 12.1 Å². The first kappa shape index (κ1) is 21.5. The van der Waals surface area contributed by atoms with Gasteiger partial charge in [-0.1, -0.05) is 35.9 Å². The standard InChI is InChI=1S/C24H19N3O6S/c1-15-6-9-18(10-7-15)34(29,30)27-26-24-19(12-16-4-2-3-5-20(16)33-24)23(28)25-17-8-11-21-22(13-17)32-14-31-21/h2-13,27H,14H2,1H3,(H,25,28). The van der Waals surface area contributed by atoms with Gasteiger partial charge in [0, 0.05) is 17.1 Å². The fraction of sp³-hybridized carbons (Fsp3) is 0.0833. The number of nitrogens with one attached hydrogen (secondary N) is 2. The van der Waals surface area contributed by atoms with Crippen LogP contribution in [0.2, 0.25) is 0 Å². The van der Waals surface area contributed by atoms with Gasteiger partial charge in [0.05, 0.1) is 4.90 Å². The third-order valence-corrected chi connectivity index (χ3v) is 6.35. The highest BCUT2D eigenvalue weighted by Crippen LogP contribution is 2.34. The predicted octanol–water partition coefficient (Wildman–Crippen LogP) is 3.52. The molecule has 2 N–H and O–H groups in total. The van der Waals surface area contributed by atoms with E-state index in [1.165, 1.54) is 12.1 Å². The highest BCUT2D eigenvalue weighted by atomic mass is 32.2. The maximum atomic E-state index is 13.1. The summed E-state index contributed by atoms with van der Waals surface area (Å²) in [5.41, 5.74) is 1.68. The maximum Gasteiger partial charge on any atom is 0.276 e. The second-order valence-corrected chi connectivity index (χ2v) is 9.21. The van der Waals surface area contributed by atoms with Crippen LogP contribution in [-0.4, -0.2) is 21.1 Å². The zero-order valence-corrected chi connectivity index (χ0v) is 18.8. The minimum absolute atomic E-state index is 0.0361. The number of aryl methyl sites for hydroxylation is 1. The molecule has 1 amide bonds. The van der Waals surface area contributed by atoms with E-state index in [9.17, 15) is 13.2 Å². The van der Waals surface area contributed by atoms with Crippen molar-refractivity contribution in [2.45, 2.75) is 11.8 Å². The number of para-hydroxylation sites is 1. The Balaban J connectivity index is 1.52. The topological polar surface area (TPSA) is 119 Å². The number of carbonyl (C=O) groups is 1. The molecule has 1 aliphatic rings. The molecule has 0 aliphatic carbocycles. The summed E-state index contributed by atoms with van der Waals surface area (Å²) in [6.45, 7) is 1.97. The molecule has 0 atom stereocenters. The Morgan fingerprint density at radius 1 is 0.941 bits per heavy atom. The normalized spacial score (nSPS) is 13.1. The first-order chi connectivity index (χ1) is 16.4. The zero-order chi connectivity index (χ0) is 23.7. The van der Waals surface area contributed by atoms with Gasteiger partial charge < -0.3 is 19.2 Å². The lowest BCUT2D eigenvalue weighted by Gasteiger charge is -2.08. The van der Waals surface area contributed by atoms with E-state index in [1.54, 1.807) is 60.7 Å². The lowest BCUT2D eigenvalue weighted by Crippen LogP contribution is -2.27. The lowest BCUT2D eigenvalue weighted by molar-refractivity contribution is 0.102. The molecule has 0 unspecified atom stereocenters. The Hall–Kier alpha value is -4.31. The van der Waals surface area contributed by atoms with Crippen molar-refractivity contribution >= 4 is 32.6 Å². The Kier molecular flexibility index (Phi) is 5.42. The van der Waals surface area contributed by atoms with E-state index >= 15 is 0 Å². The number of carbonyl (C=O) groups excluding carboxylic acids is 1. The van der Waals surface area contributed by atoms with E-state index in [4.69, 9.17) is 13.9 Å². The van der Waals surface area contributed by atoms with Gasteiger partial charge in [-0.15, -0.1) is 5.10 Å². The summed E-state index contributed by atoms with van der Waals surface area (Å²) in [4.78, 5) is 15.3. The molecule has 1 aliphatic heterocycles. The lowest BCUT2D eigenvalue weighted by atomic mass is 10.1. The molecule has 2 heterocycles. The Morgan fingerprint density at radius 3 is 2.53 bits per heavy atom. The largest absolute Gasteiger partial charge is 0.454 e. The smallest absolute Gasteiger partial charge is 0.276 e. The summed E-state index contributed by atoms with van der Waals surface area (Å²) >= 11 is 0. The number of sulfonamides is 1. The van der Waals surface area contributed by atoms with Crippen LogP contribution in [0.5, 0.6) is 11.5 Å². The number of amides is 1.